The summed E-state index contributed by atoms with van der Waals surface area (Å²) in [5.41, 5.74) is 8.70. The number of nitrogen functional groups attached to an aromatic ring is 1. The molecule has 0 aliphatic rings. The summed E-state index contributed by atoms with van der Waals surface area (Å²) < 4.78 is 1.79. The highest BCUT2D eigenvalue weighted by atomic mass is 15.3. The molecule has 2 aromatic heterocycles. The number of aromatic nitrogens is 4. The SMILES string of the molecule is CC(C)c1c(N)ncnc1-c1ccnn1C. The summed E-state index contributed by atoms with van der Waals surface area (Å²) in [6.45, 7) is 4.16. The van der Waals surface area contributed by atoms with Gasteiger partial charge in [0.15, 0.2) is 0 Å². The van der Waals surface area contributed by atoms with Gasteiger partial charge < -0.3 is 5.73 Å². The first-order chi connectivity index (χ1) is 7.61. The molecule has 0 aliphatic carbocycles. The van der Waals surface area contributed by atoms with Crippen LogP contribution in [0, 0.1) is 0 Å². The predicted octanol–water partition coefficient (Wildman–Crippen LogP) is 1.58. The predicted molar refractivity (Wildman–Crippen MR) is 62.7 cm³/mol. The lowest BCUT2D eigenvalue weighted by Crippen LogP contribution is -2.06. The maximum absolute atomic E-state index is 5.90. The van der Waals surface area contributed by atoms with Gasteiger partial charge in [0.2, 0.25) is 0 Å². The molecule has 2 aromatic rings. The zero-order valence-electron chi connectivity index (χ0n) is 9.68. The summed E-state index contributed by atoms with van der Waals surface area (Å²) in [6.07, 6.45) is 3.24. The Balaban J connectivity index is 2.66. The summed E-state index contributed by atoms with van der Waals surface area (Å²) in [5.74, 6) is 0.826. The number of anilines is 1. The second kappa shape index (κ2) is 3.92. The fraction of sp³-hybridized carbons (Fsp3) is 0.364. The smallest absolute Gasteiger partial charge is 0.130 e. The molecule has 5 nitrogen and oxygen atoms in total. The lowest BCUT2D eigenvalue weighted by molar-refractivity contribution is 0.767. The standard InChI is InChI=1S/C11H15N5/c1-7(2)9-10(13-6-14-11(9)12)8-4-5-15-16(8)3/h4-7H,1-3H3,(H2,12,13,14). The van der Waals surface area contributed by atoms with E-state index in [1.54, 1.807) is 10.9 Å². The van der Waals surface area contributed by atoms with Gasteiger partial charge in [0.05, 0.1) is 11.4 Å². The molecule has 0 saturated carbocycles. The Morgan fingerprint density at radius 1 is 1.31 bits per heavy atom. The van der Waals surface area contributed by atoms with Crippen LogP contribution in [0.5, 0.6) is 0 Å². The molecule has 5 heteroatoms. The zero-order valence-corrected chi connectivity index (χ0v) is 9.68. The molecule has 16 heavy (non-hydrogen) atoms. The molecule has 0 atom stereocenters. The van der Waals surface area contributed by atoms with Crippen LogP contribution in [-0.2, 0) is 7.05 Å². The maximum Gasteiger partial charge on any atom is 0.130 e. The first kappa shape index (κ1) is 10.6. The van der Waals surface area contributed by atoms with Crippen LogP contribution in [0.15, 0.2) is 18.6 Å². The summed E-state index contributed by atoms with van der Waals surface area (Å²) >= 11 is 0. The third kappa shape index (κ3) is 1.64. The van der Waals surface area contributed by atoms with Gasteiger partial charge in [-0.2, -0.15) is 5.10 Å². The van der Waals surface area contributed by atoms with Crippen molar-refractivity contribution in [3.05, 3.63) is 24.2 Å². The Morgan fingerprint density at radius 2 is 2.06 bits per heavy atom. The van der Waals surface area contributed by atoms with Crippen LogP contribution in [0.25, 0.3) is 11.4 Å². The molecule has 0 spiro atoms. The van der Waals surface area contributed by atoms with Gasteiger partial charge in [-0.25, -0.2) is 9.97 Å². The van der Waals surface area contributed by atoms with Crippen LogP contribution >= 0.6 is 0 Å². The third-order valence-corrected chi connectivity index (χ3v) is 2.56. The average Bonchev–Trinajstić information content (AvgIpc) is 2.63. The van der Waals surface area contributed by atoms with Gasteiger partial charge in [0, 0.05) is 18.8 Å². The van der Waals surface area contributed by atoms with Crippen molar-refractivity contribution in [1.29, 1.82) is 0 Å². The van der Waals surface area contributed by atoms with Gasteiger partial charge in [0.1, 0.15) is 12.1 Å². The van der Waals surface area contributed by atoms with Crippen molar-refractivity contribution < 1.29 is 0 Å². The fourth-order valence-electron chi connectivity index (χ4n) is 1.79. The van der Waals surface area contributed by atoms with Gasteiger partial charge in [-0.05, 0) is 12.0 Å². The Kier molecular flexibility index (Phi) is 2.60. The fourth-order valence-corrected chi connectivity index (χ4v) is 1.79. The molecule has 0 aromatic carbocycles. The molecule has 0 aliphatic heterocycles. The van der Waals surface area contributed by atoms with Crippen molar-refractivity contribution in [2.24, 2.45) is 7.05 Å². The van der Waals surface area contributed by atoms with E-state index in [4.69, 9.17) is 5.73 Å². The zero-order chi connectivity index (χ0) is 11.7. The lowest BCUT2D eigenvalue weighted by Gasteiger charge is -2.13. The number of rotatable bonds is 2. The quantitative estimate of drug-likeness (QED) is 0.829. The summed E-state index contributed by atoms with van der Waals surface area (Å²) in [6, 6.07) is 1.92. The number of nitrogens with zero attached hydrogens (tertiary/aromatic N) is 4. The highest BCUT2D eigenvalue weighted by Crippen LogP contribution is 2.29. The van der Waals surface area contributed by atoms with E-state index in [0.717, 1.165) is 17.0 Å². The monoisotopic (exact) mass is 217 g/mol. The van der Waals surface area contributed by atoms with Gasteiger partial charge in [0.25, 0.3) is 0 Å². The second-order valence-corrected chi connectivity index (χ2v) is 4.02. The average molecular weight is 217 g/mol. The highest BCUT2D eigenvalue weighted by Gasteiger charge is 2.16. The van der Waals surface area contributed by atoms with E-state index in [1.807, 2.05) is 13.1 Å². The summed E-state index contributed by atoms with van der Waals surface area (Å²) in [5, 5.41) is 4.14. The number of aryl methyl sites for hydroxylation is 1. The molecule has 0 bridgehead atoms. The third-order valence-electron chi connectivity index (χ3n) is 2.56. The molecule has 0 fully saturated rings. The van der Waals surface area contributed by atoms with Crippen molar-refractivity contribution in [3.63, 3.8) is 0 Å². The van der Waals surface area contributed by atoms with Crippen molar-refractivity contribution in [2.45, 2.75) is 19.8 Å². The largest absolute Gasteiger partial charge is 0.383 e. The van der Waals surface area contributed by atoms with Crippen LogP contribution < -0.4 is 5.73 Å². The number of nitrogens with two attached hydrogens (primary N) is 1. The van der Waals surface area contributed by atoms with Crippen LogP contribution in [0.4, 0.5) is 5.82 Å². The first-order valence-corrected chi connectivity index (χ1v) is 5.20. The van der Waals surface area contributed by atoms with Crippen molar-refractivity contribution in [1.82, 2.24) is 19.7 Å². The molecular weight excluding hydrogens is 202 g/mol. The molecule has 0 saturated heterocycles. The van der Waals surface area contributed by atoms with Crippen LogP contribution in [0.1, 0.15) is 25.3 Å². The van der Waals surface area contributed by atoms with Crippen molar-refractivity contribution >= 4 is 5.82 Å². The van der Waals surface area contributed by atoms with Gasteiger partial charge >= 0.3 is 0 Å². The maximum atomic E-state index is 5.90. The van der Waals surface area contributed by atoms with Gasteiger partial charge in [-0.15, -0.1) is 0 Å². The van der Waals surface area contributed by atoms with E-state index in [9.17, 15) is 0 Å². The summed E-state index contributed by atoms with van der Waals surface area (Å²) in [7, 11) is 1.89. The topological polar surface area (TPSA) is 69.6 Å². The Morgan fingerprint density at radius 3 is 2.62 bits per heavy atom. The van der Waals surface area contributed by atoms with Crippen molar-refractivity contribution in [3.8, 4) is 11.4 Å². The van der Waals surface area contributed by atoms with E-state index in [1.165, 1.54) is 6.33 Å². The normalized spacial score (nSPS) is 11.0. The van der Waals surface area contributed by atoms with E-state index < -0.39 is 0 Å². The van der Waals surface area contributed by atoms with Crippen LogP contribution in [0.3, 0.4) is 0 Å². The first-order valence-electron chi connectivity index (χ1n) is 5.20. The van der Waals surface area contributed by atoms with Gasteiger partial charge in [-0.1, -0.05) is 13.8 Å². The minimum Gasteiger partial charge on any atom is -0.383 e. The molecule has 84 valence electrons. The molecule has 0 unspecified atom stereocenters. The van der Waals surface area contributed by atoms with E-state index in [0.29, 0.717) is 5.82 Å². The molecular formula is C11H15N5. The Hall–Kier alpha value is -1.91. The van der Waals surface area contributed by atoms with Crippen molar-refractivity contribution in [2.75, 3.05) is 5.73 Å². The number of hydrogen-bond acceptors (Lipinski definition) is 4. The lowest BCUT2D eigenvalue weighted by atomic mass is 10.0. The minimum absolute atomic E-state index is 0.283. The molecule has 2 N–H and O–H groups in total. The second-order valence-electron chi connectivity index (χ2n) is 4.02. The molecule has 0 amide bonds. The van der Waals surface area contributed by atoms with Crippen LogP contribution in [-0.4, -0.2) is 19.7 Å². The Labute approximate surface area is 94.3 Å². The number of hydrogen-bond donors (Lipinski definition) is 1. The molecule has 2 heterocycles. The van der Waals surface area contributed by atoms with Gasteiger partial charge in [-0.3, -0.25) is 4.68 Å². The highest BCUT2D eigenvalue weighted by molar-refractivity contribution is 5.65. The van der Waals surface area contributed by atoms with Crippen LogP contribution in [0.2, 0.25) is 0 Å². The molecule has 2 rings (SSSR count). The van der Waals surface area contributed by atoms with E-state index >= 15 is 0 Å². The Bertz CT molecular complexity index is 501. The molecule has 0 radical (unpaired) electrons. The minimum atomic E-state index is 0.283. The van der Waals surface area contributed by atoms with E-state index in [2.05, 4.69) is 28.9 Å². The van der Waals surface area contributed by atoms with E-state index in [-0.39, 0.29) is 5.92 Å². The summed E-state index contributed by atoms with van der Waals surface area (Å²) in [4.78, 5) is 8.35.